The maximum absolute atomic E-state index is 12.5. The maximum Gasteiger partial charge on any atom is 0.407 e. The molecule has 0 saturated heterocycles. The third kappa shape index (κ3) is 19.4. The van der Waals surface area contributed by atoms with Crippen LogP contribution in [0.15, 0.2) is 121 Å². The molecule has 0 aliphatic rings. The molecule has 1 amide bonds. The van der Waals surface area contributed by atoms with E-state index in [1.165, 1.54) is 16.7 Å². The zero-order valence-corrected chi connectivity index (χ0v) is 34.4. The van der Waals surface area contributed by atoms with Crippen molar-refractivity contribution in [3.63, 3.8) is 0 Å². The van der Waals surface area contributed by atoms with Crippen molar-refractivity contribution in [3.8, 4) is 0 Å². The van der Waals surface area contributed by atoms with Gasteiger partial charge in [0.15, 0.2) is 0 Å². The van der Waals surface area contributed by atoms with E-state index >= 15 is 0 Å². The van der Waals surface area contributed by atoms with Crippen LogP contribution in [0.4, 0.5) is 4.79 Å². The van der Waals surface area contributed by atoms with Crippen molar-refractivity contribution in [1.82, 2.24) is 15.1 Å². The molecule has 4 rings (SSSR count). The predicted octanol–water partition coefficient (Wildman–Crippen LogP) is 7.72. The number of carbonyl (C=O) groups is 1. The van der Waals surface area contributed by atoms with Crippen LogP contribution in [-0.2, 0) is 30.7 Å². The molecule has 0 aliphatic heterocycles. The second-order valence-electron chi connectivity index (χ2n) is 16.6. The Morgan fingerprint density at radius 1 is 0.600 bits per heavy atom. The van der Waals surface area contributed by atoms with Gasteiger partial charge in [-0.1, -0.05) is 149 Å². The number of aliphatic hydroxyl groups is 2. The van der Waals surface area contributed by atoms with Gasteiger partial charge in [0.1, 0.15) is 5.60 Å². The van der Waals surface area contributed by atoms with E-state index in [1.807, 2.05) is 93.6 Å². The molecule has 0 fully saturated rings. The van der Waals surface area contributed by atoms with Gasteiger partial charge in [0.05, 0.1) is 18.2 Å². The van der Waals surface area contributed by atoms with Gasteiger partial charge in [0, 0.05) is 45.3 Å². The second-order valence-corrected chi connectivity index (χ2v) is 16.6. The number of aliphatic hydroxyl groups excluding tert-OH is 2. The number of hydrogen-bond donors (Lipinski definition) is 4. The number of nitrogens with one attached hydrogen (secondary N) is 1. The van der Waals surface area contributed by atoms with Gasteiger partial charge in [-0.25, -0.2) is 4.79 Å². The number of carbonyl (C=O) groups excluding carboxylic acids is 1. The lowest BCUT2D eigenvalue weighted by Gasteiger charge is -2.32. The summed E-state index contributed by atoms with van der Waals surface area (Å²) >= 11 is 0. The number of rotatable bonds is 19. The maximum atomic E-state index is 12.5. The van der Waals surface area contributed by atoms with Crippen LogP contribution in [0.2, 0.25) is 0 Å². The first-order chi connectivity index (χ1) is 26.2. The van der Waals surface area contributed by atoms with Crippen molar-refractivity contribution in [2.75, 3.05) is 26.2 Å². The Morgan fingerprint density at radius 2 is 0.964 bits per heavy atom. The van der Waals surface area contributed by atoms with Gasteiger partial charge in [0.2, 0.25) is 0 Å². The largest absolute Gasteiger partial charge is 0.444 e. The normalized spacial score (nSPS) is 13.9. The van der Waals surface area contributed by atoms with Crippen LogP contribution in [-0.4, -0.2) is 82.2 Å². The van der Waals surface area contributed by atoms with Crippen LogP contribution in [0.5, 0.6) is 0 Å². The topological polar surface area (TPSA) is 111 Å². The van der Waals surface area contributed by atoms with Gasteiger partial charge in [-0.3, -0.25) is 9.80 Å². The Balaban J connectivity index is 0.000000305. The summed E-state index contributed by atoms with van der Waals surface area (Å²) in [6, 6.07) is 40.0. The highest BCUT2D eigenvalue weighted by Crippen LogP contribution is 2.15. The lowest BCUT2D eigenvalue weighted by molar-refractivity contribution is 0.0348. The minimum atomic E-state index is -0.741. The minimum absolute atomic E-state index is 0.252. The fourth-order valence-electron chi connectivity index (χ4n) is 6.55. The molecule has 5 N–H and O–H groups in total. The molecule has 4 aromatic rings. The molecule has 55 heavy (non-hydrogen) atoms. The lowest BCUT2D eigenvalue weighted by atomic mass is 10.0. The van der Waals surface area contributed by atoms with E-state index in [1.54, 1.807) is 0 Å². The summed E-state index contributed by atoms with van der Waals surface area (Å²) in [5, 5.41) is 24.6. The molecule has 0 saturated carbocycles. The van der Waals surface area contributed by atoms with Gasteiger partial charge in [-0.2, -0.15) is 0 Å². The number of hydrogen-bond acceptors (Lipinski definition) is 7. The van der Waals surface area contributed by atoms with Gasteiger partial charge >= 0.3 is 6.09 Å². The second kappa shape index (κ2) is 23.8. The van der Waals surface area contributed by atoms with Crippen LogP contribution in [0, 0.1) is 11.8 Å². The Hall–Kier alpha value is -4.05. The summed E-state index contributed by atoms with van der Waals surface area (Å²) in [6.07, 6.45) is -0.556. The van der Waals surface area contributed by atoms with Crippen LogP contribution in [0.3, 0.4) is 0 Å². The molecule has 0 aliphatic carbocycles. The lowest BCUT2D eigenvalue weighted by Crippen LogP contribution is -2.50. The first-order valence-corrected chi connectivity index (χ1v) is 19.9. The number of benzene rings is 4. The van der Waals surface area contributed by atoms with Crippen molar-refractivity contribution in [1.29, 1.82) is 0 Å². The molecule has 0 spiro atoms. The molecular weight excluding hydrogens is 685 g/mol. The molecule has 0 heterocycles. The summed E-state index contributed by atoms with van der Waals surface area (Å²) in [6.45, 7) is 18.7. The summed E-state index contributed by atoms with van der Waals surface area (Å²) < 4.78 is 5.45. The van der Waals surface area contributed by atoms with Crippen molar-refractivity contribution in [2.45, 2.75) is 104 Å². The molecule has 8 heteroatoms. The smallest absolute Gasteiger partial charge is 0.407 e. The summed E-state index contributed by atoms with van der Waals surface area (Å²) in [5.41, 5.74) is 10.3. The van der Waals surface area contributed by atoms with E-state index < -0.39 is 29.9 Å². The number of alkyl carbamates (subject to hydrolysis) is 1. The zero-order valence-electron chi connectivity index (χ0n) is 34.4. The van der Waals surface area contributed by atoms with E-state index in [0.29, 0.717) is 37.8 Å². The monoisotopic (exact) mass is 753 g/mol. The van der Waals surface area contributed by atoms with Crippen molar-refractivity contribution in [2.24, 2.45) is 17.6 Å². The molecule has 0 unspecified atom stereocenters. The fourth-order valence-corrected chi connectivity index (χ4v) is 6.55. The predicted molar refractivity (Wildman–Crippen MR) is 227 cm³/mol. The molecular formula is C47H68N4O4. The molecule has 4 atom stereocenters. The number of nitrogens with zero attached hydrogens (tertiary/aromatic N) is 2. The van der Waals surface area contributed by atoms with E-state index in [4.69, 9.17) is 10.5 Å². The van der Waals surface area contributed by atoms with Crippen molar-refractivity contribution >= 4 is 6.09 Å². The molecule has 0 radical (unpaired) electrons. The average Bonchev–Trinajstić information content (AvgIpc) is 3.12. The van der Waals surface area contributed by atoms with E-state index in [-0.39, 0.29) is 6.04 Å². The fraction of sp³-hybridized carbons (Fsp3) is 0.468. The molecule has 8 nitrogen and oxygen atoms in total. The van der Waals surface area contributed by atoms with Gasteiger partial charge in [-0.15, -0.1) is 0 Å². The number of nitrogens with two attached hydrogens (primary N) is 1. The Labute approximate surface area is 331 Å². The highest BCUT2D eigenvalue weighted by atomic mass is 16.6. The quantitative estimate of drug-likeness (QED) is 0.0777. The molecule has 0 aromatic heterocycles. The SMILES string of the molecule is CC(C)CN(Cc1ccccc1)C[C@@H](O)[C@@H](N)Cc1ccccc1.CC(C)CN(Cc1ccccc1)C[C@@H](O)[C@H](Cc1ccccc1)NC(=O)OC(C)(C)C. The highest BCUT2D eigenvalue weighted by molar-refractivity contribution is 5.68. The van der Waals surface area contributed by atoms with Crippen LogP contribution in [0.25, 0.3) is 0 Å². The van der Waals surface area contributed by atoms with E-state index in [9.17, 15) is 15.0 Å². The van der Waals surface area contributed by atoms with Crippen molar-refractivity contribution in [3.05, 3.63) is 144 Å². The van der Waals surface area contributed by atoms with Gasteiger partial charge < -0.3 is 26.0 Å². The van der Waals surface area contributed by atoms with E-state index in [0.717, 1.165) is 31.7 Å². The van der Waals surface area contributed by atoms with Gasteiger partial charge in [-0.05, 0) is 67.7 Å². The van der Waals surface area contributed by atoms with Crippen LogP contribution < -0.4 is 11.1 Å². The standard InChI is InChI=1S/C26H38N2O3.C21H30N2O/c1-20(2)17-28(18-22-14-10-7-11-15-22)19-24(29)23(16-21-12-8-6-9-13-21)27-25(30)31-26(3,4)5;1-17(2)14-23(15-19-11-7-4-8-12-19)16-21(24)20(22)13-18-9-5-3-6-10-18/h6-15,20,23-24,29H,16-19H2,1-5H3,(H,27,30);3-12,17,20-21,24H,13-16,22H2,1-2H3/t23-,24+;20-,21+/m00/s1. The van der Waals surface area contributed by atoms with Crippen molar-refractivity contribution < 1.29 is 19.7 Å². The highest BCUT2D eigenvalue weighted by Gasteiger charge is 2.27. The Bertz CT molecular complexity index is 1580. The van der Waals surface area contributed by atoms with Gasteiger partial charge in [0.25, 0.3) is 0 Å². The summed E-state index contributed by atoms with van der Waals surface area (Å²) in [4.78, 5) is 17.0. The third-order valence-electron chi connectivity index (χ3n) is 8.91. The zero-order chi connectivity index (χ0) is 40.2. The molecule has 0 bridgehead atoms. The average molecular weight is 753 g/mol. The Morgan fingerprint density at radius 3 is 1.35 bits per heavy atom. The first kappa shape index (κ1) is 45.3. The minimum Gasteiger partial charge on any atom is -0.444 e. The summed E-state index contributed by atoms with van der Waals surface area (Å²) in [7, 11) is 0. The van der Waals surface area contributed by atoms with Crippen LogP contribution >= 0.6 is 0 Å². The molecule has 4 aromatic carbocycles. The third-order valence-corrected chi connectivity index (χ3v) is 8.91. The molecule has 300 valence electrons. The first-order valence-electron chi connectivity index (χ1n) is 19.9. The van der Waals surface area contributed by atoms with Crippen LogP contribution in [0.1, 0.15) is 70.7 Å². The number of amides is 1. The summed E-state index contributed by atoms with van der Waals surface area (Å²) in [5.74, 6) is 1.01. The Kier molecular flexibility index (Phi) is 19.6. The number of ether oxygens (including phenoxy) is 1. The van der Waals surface area contributed by atoms with E-state index in [2.05, 4.69) is 91.3 Å².